The fraction of sp³-hybridized carbons (Fsp3) is 0.467. The summed E-state index contributed by atoms with van der Waals surface area (Å²) in [5.41, 5.74) is 0.810. The molecule has 0 bridgehead atoms. The zero-order valence-corrected chi connectivity index (χ0v) is 12.0. The van der Waals surface area contributed by atoms with Gasteiger partial charge in [0.05, 0.1) is 16.9 Å². The van der Waals surface area contributed by atoms with Crippen molar-refractivity contribution in [2.24, 2.45) is 0 Å². The van der Waals surface area contributed by atoms with Gasteiger partial charge in [0.15, 0.2) is 0 Å². The van der Waals surface area contributed by atoms with Gasteiger partial charge >= 0.3 is 0 Å². The summed E-state index contributed by atoms with van der Waals surface area (Å²) in [4.78, 5) is 17.1. The van der Waals surface area contributed by atoms with Crippen molar-refractivity contribution in [2.75, 3.05) is 0 Å². The number of aromatic nitrogens is 2. The van der Waals surface area contributed by atoms with E-state index in [1.807, 2.05) is 38.1 Å². The van der Waals surface area contributed by atoms with Gasteiger partial charge in [0, 0.05) is 12.6 Å². The molecular formula is C15H21N3O. The third-order valence-electron chi connectivity index (χ3n) is 3.18. The number of hydrogen-bond acceptors (Lipinski definition) is 3. The highest BCUT2D eigenvalue weighted by molar-refractivity contribution is 5.77. The molecule has 1 atom stereocenters. The molecule has 0 amide bonds. The Balaban J connectivity index is 2.63. The van der Waals surface area contributed by atoms with Crippen molar-refractivity contribution < 1.29 is 0 Å². The van der Waals surface area contributed by atoms with E-state index in [1.54, 1.807) is 4.57 Å². The fourth-order valence-corrected chi connectivity index (χ4v) is 2.40. The Morgan fingerprint density at radius 1 is 1.26 bits per heavy atom. The minimum atomic E-state index is 0.0421. The Morgan fingerprint density at radius 2 is 1.95 bits per heavy atom. The minimum Gasteiger partial charge on any atom is -0.305 e. The average molecular weight is 259 g/mol. The lowest BCUT2D eigenvalue weighted by Gasteiger charge is -2.20. The normalized spacial score (nSPS) is 13.1. The third-order valence-corrected chi connectivity index (χ3v) is 3.18. The topological polar surface area (TPSA) is 46.9 Å². The van der Waals surface area contributed by atoms with Crippen molar-refractivity contribution in [3.05, 3.63) is 40.4 Å². The molecule has 2 rings (SSSR count). The van der Waals surface area contributed by atoms with Crippen LogP contribution in [-0.4, -0.2) is 15.6 Å². The predicted octanol–water partition coefficient (Wildman–Crippen LogP) is 2.48. The summed E-state index contributed by atoms with van der Waals surface area (Å²) in [5, 5.41) is 4.09. The van der Waals surface area contributed by atoms with Crippen molar-refractivity contribution in [3.63, 3.8) is 0 Å². The predicted molar refractivity (Wildman–Crippen MR) is 78.4 cm³/mol. The number of nitrogens with one attached hydrogen (secondary N) is 1. The molecular weight excluding hydrogens is 238 g/mol. The van der Waals surface area contributed by atoms with Gasteiger partial charge in [0.2, 0.25) is 0 Å². The lowest BCUT2D eigenvalue weighted by atomic mass is 10.2. The monoisotopic (exact) mass is 259 g/mol. The second kappa shape index (κ2) is 5.53. The van der Waals surface area contributed by atoms with E-state index in [0.717, 1.165) is 11.3 Å². The summed E-state index contributed by atoms with van der Waals surface area (Å²) in [6.07, 6.45) is 0. The molecule has 1 heterocycles. The second-order valence-electron chi connectivity index (χ2n) is 5.08. The fourth-order valence-electron chi connectivity index (χ4n) is 2.40. The van der Waals surface area contributed by atoms with E-state index in [1.165, 1.54) is 0 Å². The van der Waals surface area contributed by atoms with Gasteiger partial charge in [-0.05, 0) is 26.0 Å². The smallest absolute Gasteiger partial charge is 0.261 e. The first-order chi connectivity index (χ1) is 9.04. The molecule has 19 heavy (non-hydrogen) atoms. The van der Waals surface area contributed by atoms with Crippen LogP contribution in [0.5, 0.6) is 0 Å². The van der Waals surface area contributed by atoms with Crippen LogP contribution < -0.4 is 10.9 Å². The van der Waals surface area contributed by atoms with Crippen LogP contribution in [0.3, 0.4) is 0 Å². The van der Waals surface area contributed by atoms with Crippen LogP contribution in [0.2, 0.25) is 0 Å². The summed E-state index contributed by atoms with van der Waals surface area (Å²) in [6, 6.07) is 7.92. The van der Waals surface area contributed by atoms with Crippen LogP contribution >= 0.6 is 0 Å². The lowest BCUT2D eigenvalue weighted by Crippen LogP contribution is -2.33. The maximum atomic E-state index is 12.5. The van der Waals surface area contributed by atoms with Crippen LogP contribution in [-0.2, 0) is 6.54 Å². The molecule has 4 heteroatoms. The number of rotatable bonds is 4. The molecule has 2 aromatic rings. The molecule has 0 fully saturated rings. The van der Waals surface area contributed by atoms with E-state index in [2.05, 4.69) is 24.1 Å². The highest BCUT2D eigenvalue weighted by atomic mass is 16.1. The Kier molecular flexibility index (Phi) is 4.00. The molecule has 0 aliphatic rings. The summed E-state index contributed by atoms with van der Waals surface area (Å²) < 4.78 is 1.75. The van der Waals surface area contributed by atoms with E-state index >= 15 is 0 Å². The van der Waals surface area contributed by atoms with Crippen molar-refractivity contribution >= 4 is 10.9 Å². The average Bonchev–Trinajstić information content (AvgIpc) is 2.38. The molecule has 1 aromatic carbocycles. The molecule has 0 aliphatic heterocycles. The lowest BCUT2D eigenvalue weighted by molar-refractivity contribution is 0.462. The molecule has 0 saturated heterocycles. The highest BCUT2D eigenvalue weighted by Gasteiger charge is 2.15. The minimum absolute atomic E-state index is 0.0421. The van der Waals surface area contributed by atoms with E-state index in [9.17, 15) is 4.79 Å². The van der Waals surface area contributed by atoms with Gasteiger partial charge < -0.3 is 5.32 Å². The van der Waals surface area contributed by atoms with Crippen LogP contribution in [0.1, 0.15) is 39.6 Å². The maximum Gasteiger partial charge on any atom is 0.261 e. The zero-order valence-electron chi connectivity index (χ0n) is 12.0. The summed E-state index contributed by atoms with van der Waals surface area (Å²) in [7, 11) is 0. The van der Waals surface area contributed by atoms with Gasteiger partial charge in [-0.1, -0.05) is 26.0 Å². The molecule has 1 aromatic heterocycles. The van der Waals surface area contributed by atoms with E-state index in [-0.39, 0.29) is 11.6 Å². The van der Waals surface area contributed by atoms with Gasteiger partial charge in [0.1, 0.15) is 5.82 Å². The molecule has 4 nitrogen and oxygen atoms in total. The van der Waals surface area contributed by atoms with Gasteiger partial charge in [0.25, 0.3) is 5.56 Å². The molecule has 0 saturated carbocycles. The van der Waals surface area contributed by atoms with E-state index in [4.69, 9.17) is 0 Å². The number of para-hydroxylation sites is 1. The van der Waals surface area contributed by atoms with Crippen molar-refractivity contribution in [3.8, 4) is 0 Å². The number of fused-ring (bicyclic) bond motifs is 1. The standard InChI is InChI=1S/C15H21N3O/c1-5-18-14(11(4)16-10(2)3)17-13-9-7-6-8-12(13)15(18)19/h6-11,16H,5H2,1-4H3/t11-/m1/s1. The van der Waals surface area contributed by atoms with Gasteiger partial charge in [-0.3, -0.25) is 9.36 Å². The Morgan fingerprint density at radius 3 is 2.58 bits per heavy atom. The van der Waals surface area contributed by atoms with Crippen LogP contribution in [0, 0.1) is 0 Å². The molecule has 0 unspecified atom stereocenters. The van der Waals surface area contributed by atoms with Gasteiger partial charge in [-0.25, -0.2) is 4.98 Å². The quantitative estimate of drug-likeness (QED) is 0.917. The first-order valence-corrected chi connectivity index (χ1v) is 6.80. The van der Waals surface area contributed by atoms with Crippen LogP contribution in [0.15, 0.2) is 29.1 Å². The van der Waals surface area contributed by atoms with E-state index < -0.39 is 0 Å². The van der Waals surface area contributed by atoms with Crippen molar-refractivity contribution in [2.45, 2.75) is 46.3 Å². The Labute approximate surface area is 113 Å². The first-order valence-electron chi connectivity index (χ1n) is 6.80. The number of benzene rings is 1. The third kappa shape index (κ3) is 2.68. The SMILES string of the molecule is CCn1c([C@@H](C)NC(C)C)nc2ccccc2c1=O. The Hall–Kier alpha value is -1.68. The molecule has 0 aliphatic carbocycles. The van der Waals surface area contributed by atoms with Gasteiger partial charge in [-0.2, -0.15) is 0 Å². The summed E-state index contributed by atoms with van der Waals surface area (Å²) >= 11 is 0. The number of hydrogen-bond donors (Lipinski definition) is 1. The molecule has 0 spiro atoms. The largest absolute Gasteiger partial charge is 0.305 e. The second-order valence-corrected chi connectivity index (χ2v) is 5.08. The highest BCUT2D eigenvalue weighted by Crippen LogP contribution is 2.14. The Bertz CT molecular complexity index is 631. The van der Waals surface area contributed by atoms with Crippen molar-refractivity contribution in [1.82, 2.24) is 14.9 Å². The molecule has 102 valence electrons. The van der Waals surface area contributed by atoms with Crippen molar-refractivity contribution in [1.29, 1.82) is 0 Å². The number of nitrogens with zero attached hydrogens (tertiary/aromatic N) is 2. The molecule has 0 radical (unpaired) electrons. The van der Waals surface area contributed by atoms with E-state index in [0.29, 0.717) is 18.0 Å². The van der Waals surface area contributed by atoms with Crippen LogP contribution in [0.4, 0.5) is 0 Å². The maximum absolute atomic E-state index is 12.5. The zero-order chi connectivity index (χ0) is 14.0. The van der Waals surface area contributed by atoms with Crippen LogP contribution in [0.25, 0.3) is 10.9 Å². The van der Waals surface area contributed by atoms with Gasteiger partial charge in [-0.15, -0.1) is 0 Å². The first kappa shape index (κ1) is 13.7. The summed E-state index contributed by atoms with van der Waals surface area (Å²) in [6.45, 7) is 8.83. The summed E-state index contributed by atoms with van der Waals surface area (Å²) in [5.74, 6) is 0.805. The molecule has 1 N–H and O–H groups in total.